The molecular formula is C19H28N4OS. The quantitative estimate of drug-likeness (QED) is 0.563. The Labute approximate surface area is 154 Å². The highest BCUT2D eigenvalue weighted by molar-refractivity contribution is 8.00. The Bertz CT molecular complexity index is 660. The van der Waals surface area contributed by atoms with Crippen LogP contribution in [-0.2, 0) is 4.79 Å². The lowest BCUT2D eigenvalue weighted by molar-refractivity contribution is -0.120. The molecule has 1 amide bonds. The maximum absolute atomic E-state index is 12.4. The van der Waals surface area contributed by atoms with E-state index in [2.05, 4.69) is 26.2 Å². The van der Waals surface area contributed by atoms with Gasteiger partial charge in [-0.05, 0) is 64.7 Å². The highest BCUT2D eigenvalue weighted by atomic mass is 32.2. The van der Waals surface area contributed by atoms with Gasteiger partial charge in [-0.25, -0.2) is 0 Å². The lowest BCUT2D eigenvalue weighted by atomic mass is 9.97. The molecule has 136 valence electrons. The van der Waals surface area contributed by atoms with Gasteiger partial charge in [-0.2, -0.15) is 0 Å². The van der Waals surface area contributed by atoms with E-state index in [4.69, 9.17) is 0 Å². The van der Waals surface area contributed by atoms with Crippen molar-refractivity contribution < 1.29 is 4.79 Å². The van der Waals surface area contributed by atoms with Crippen molar-refractivity contribution in [1.82, 2.24) is 20.1 Å². The summed E-state index contributed by atoms with van der Waals surface area (Å²) in [7, 11) is 0. The molecule has 4 rings (SSSR count). The number of hydrogen-bond acceptors (Lipinski definition) is 4. The highest BCUT2D eigenvalue weighted by Crippen LogP contribution is 2.46. The van der Waals surface area contributed by atoms with Gasteiger partial charge < -0.3 is 9.88 Å². The number of hydrogen-bond donors (Lipinski definition) is 1. The van der Waals surface area contributed by atoms with E-state index in [1.807, 2.05) is 6.92 Å². The number of aromatic nitrogens is 3. The van der Waals surface area contributed by atoms with Crippen LogP contribution >= 0.6 is 11.8 Å². The topological polar surface area (TPSA) is 59.8 Å². The zero-order valence-electron chi connectivity index (χ0n) is 15.0. The van der Waals surface area contributed by atoms with Gasteiger partial charge in [-0.3, -0.25) is 4.79 Å². The van der Waals surface area contributed by atoms with E-state index in [-0.39, 0.29) is 11.2 Å². The second-order valence-electron chi connectivity index (χ2n) is 7.63. The summed E-state index contributed by atoms with van der Waals surface area (Å²) in [5.74, 6) is 1.87. The Morgan fingerprint density at radius 1 is 1.32 bits per heavy atom. The minimum Gasteiger partial charge on any atom is -0.355 e. The average molecular weight is 361 g/mol. The van der Waals surface area contributed by atoms with E-state index in [1.54, 1.807) is 11.8 Å². The molecule has 1 heterocycles. The summed E-state index contributed by atoms with van der Waals surface area (Å²) >= 11 is 1.56. The minimum atomic E-state index is -0.130. The SMILES string of the molecule is C[C@@H](Sc1nnc(C2CC2)n1C1CC1)C(=O)NCCC1=CCCCC1. The summed E-state index contributed by atoms with van der Waals surface area (Å²) in [6, 6.07) is 0.571. The number of amides is 1. The number of nitrogens with zero attached hydrogens (tertiary/aromatic N) is 3. The fraction of sp³-hybridized carbons (Fsp3) is 0.737. The van der Waals surface area contributed by atoms with E-state index in [9.17, 15) is 4.79 Å². The highest BCUT2D eigenvalue weighted by Gasteiger charge is 2.37. The van der Waals surface area contributed by atoms with Gasteiger partial charge >= 0.3 is 0 Å². The third-order valence-corrected chi connectivity index (χ3v) is 6.38. The van der Waals surface area contributed by atoms with Crippen LogP contribution in [0.2, 0.25) is 0 Å². The first-order valence-corrected chi connectivity index (χ1v) is 10.7. The predicted octanol–water partition coefficient (Wildman–Crippen LogP) is 3.98. The Kier molecular flexibility index (Phi) is 5.15. The Hall–Kier alpha value is -1.30. The Morgan fingerprint density at radius 3 is 2.84 bits per heavy atom. The first-order valence-electron chi connectivity index (χ1n) is 9.79. The van der Waals surface area contributed by atoms with Crippen molar-refractivity contribution in [2.45, 2.75) is 87.1 Å². The predicted molar refractivity (Wildman–Crippen MR) is 99.8 cm³/mol. The summed E-state index contributed by atoms with van der Waals surface area (Å²) in [4.78, 5) is 12.4. The second kappa shape index (κ2) is 7.52. The minimum absolute atomic E-state index is 0.111. The zero-order chi connectivity index (χ0) is 17.2. The van der Waals surface area contributed by atoms with Gasteiger partial charge in [0.1, 0.15) is 5.82 Å². The standard InChI is InChI=1S/C19H28N4OS/c1-13(18(24)20-12-11-14-5-3-2-4-6-14)25-19-22-21-17(15-7-8-15)23(19)16-9-10-16/h5,13,15-16H,2-4,6-12H2,1H3,(H,20,24)/t13-/m1/s1. The summed E-state index contributed by atoms with van der Waals surface area (Å²) < 4.78 is 2.32. The lowest BCUT2D eigenvalue weighted by Crippen LogP contribution is -2.32. The third kappa shape index (κ3) is 4.27. The number of allylic oxidation sites excluding steroid dienone is 1. The van der Waals surface area contributed by atoms with Crippen LogP contribution in [-0.4, -0.2) is 32.5 Å². The fourth-order valence-corrected chi connectivity index (χ4v) is 4.45. The zero-order valence-corrected chi connectivity index (χ0v) is 15.9. The number of rotatable bonds is 8. The van der Waals surface area contributed by atoms with Gasteiger partial charge in [-0.15, -0.1) is 10.2 Å². The van der Waals surface area contributed by atoms with Crippen LogP contribution in [0.25, 0.3) is 0 Å². The monoisotopic (exact) mass is 360 g/mol. The molecule has 3 aliphatic rings. The van der Waals surface area contributed by atoms with Crippen molar-refractivity contribution >= 4 is 17.7 Å². The molecule has 0 bridgehead atoms. The fourth-order valence-electron chi connectivity index (χ4n) is 3.50. The molecule has 1 N–H and O–H groups in total. The summed E-state index contributed by atoms with van der Waals surface area (Å²) in [5.41, 5.74) is 1.51. The van der Waals surface area contributed by atoms with Crippen molar-refractivity contribution in [2.24, 2.45) is 0 Å². The first-order chi connectivity index (χ1) is 12.2. The Morgan fingerprint density at radius 2 is 2.16 bits per heavy atom. The van der Waals surface area contributed by atoms with Crippen LogP contribution in [0.5, 0.6) is 0 Å². The van der Waals surface area contributed by atoms with Crippen molar-refractivity contribution in [2.75, 3.05) is 6.54 Å². The van der Waals surface area contributed by atoms with E-state index in [1.165, 1.54) is 56.9 Å². The molecule has 0 aromatic carbocycles. The third-order valence-electron chi connectivity index (χ3n) is 5.33. The van der Waals surface area contributed by atoms with Crippen LogP contribution in [0.3, 0.4) is 0 Å². The molecule has 0 unspecified atom stereocenters. The van der Waals surface area contributed by atoms with E-state index >= 15 is 0 Å². The van der Waals surface area contributed by atoms with Crippen LogP contribution < -0.4 is 5.32 Å². The van der Waals surface area contributed by atoms with Crippen LogP contribution in [0.1, 0.15) is 82.5 Å². The van der Waals surface area contributed by atoms with Crippen molar-refractivity contribution in [1.29, 1.82) is 0 Å². The van der Waals surface area contributed by atoms with Gasteiger partial charge in [0.2, 0.25) is 5.91 Å². The van der Waals surface area contributed by atoms with Gasteiger partial charge in [0.25, 0.3) is 0 Å². The molecule has 25 heavy (non-hydrogen) atoms. The van der Waals surface area contributed by atoms with Crippen LogP contribution in [0.15, 0.2) is 16.8 Å². The molecule has 0 aliphatic heterocycles. The van der Waals surface area contributed by atoms with Gasteiger partial charge in [0.05, 0.1) is 5.25 Å². The Balaban J connectivity index is 1.30. The van der Waals surface area contributed by atoms with Gasteiger partial charge in [-0.1, -0.05) is 23.4 Å². The van der Waals surface area contributed by atoms with Gasteiger partial charge in [0.15, 0.2) is 5.16 Å². The summed E-state index contributed by atoms with van der Waals surface area (Å²) in [6.45, 7) is 2.72. The van der Waals surface area contributed by atoms with E-state index in [0.717, 1.165) is 23.9 Å². The molecule has 0 saturated heterocycles. The molecule has 0 radical (unpaired) electrons. The smallest absolute Gasteiger partial charge is 0.233 e. The van der Waals surface area contributed by atoms with Gasteiger partial charge in [0, 0.05) is 18.5 Å². The second-order valence-corrected chi connectivity index (χ2v) is 8.93. The summed E-state index contributed by atoms with van der Waals surface area (Å²) in [6.07, 6.45) is 13.3. The molecule has 1 aromatic rings. The molecule has 3 aliphatic carbocycles. The van der Waals surface area contributed by atoms with Crippen LogP contribution in [0, 0.1) is 0 Å². The maximum atomic E-state index is 12.4. The number of carbonyl (C=O) groups excluding carboxylic acids is 1. The molecule has 1 atom stereocenters. The van der Waals surface area contributed by atoms with Crippen molar-refractivity contribution in [3.8, 4) is 0 Å². The molecule has 5 nitrogen and oxygen atoms in total. The first kappa shape index (κ1) is 17.1. The van der Waals surface area contributed by atoms with E-state index in [0.29, 0.717) is 12.0 Å². The van der Waals surface area contributed by atoms with Crippen molar-refractivity contribution in [3.05, 3.63) is 17.5 Å². The van der Waals surface area contributed by atoms with E-state index < -0.39 is 0 Å². The normalized spacial score (nSPS) is 21.7. The molecular weight excluding hydrogens is 332 g/mol. The summed E-state index contributed by atoms with van der Waals surface area (Å²) in [5, 5.41) is 12.7. The lowest BCUT2D eigenvalue weighted by Gasteiger charge is -2.15. The van der Waals surface area contributed by atoms with Crippen molar-refractivity contribution in [3.63, 3.8) is 0 Å². The maximum Gasteiger partial charge on any atom is 0.233 e. The average Bonchev–Trinajstić information content (AvgIpc) is 3.55. The molecule has 2 saturated carbocycles. The number of thioether (sulfide) groups is 1. The number of nitrogens with one attached hydrogen (secondary N) is 1. The molecule has 1 aromatic heterocycles. The number of carbonyl (C=O) groups is 1. The molecule has 6 heteroatoms. The molecule has 0 spiro atoms. The molecule has 2 fully saturated rings. The largest absolute Gasteiger partial charge is 0.355 e. The van der Waals surface area contributed by atoms with Crippen LogP contribution in [0.4, 0.5) is 0 Å².